The summed E-state index contributed by atoms with van der Waals surface area (Å²) in [6, 6.07) is 5.80. The number of aromatic nitrogens is 5. The summed E-state index contributed by atoms with van der Waals surface area (Å²) >= 11 is 0. The number of hydrogen-bond donors (Lipinski definition) is 5. The smallest absolute Gasteiger partial charge is 0.309 e. The van der Waals surface area contributed by atoms with Crippen LogP contribution in [-0.2, 0) is 39.6 Å². The number of carbonyl (C=O) groups is 1. The number of benzene rings is 1. The number of ether oxygens (including phenoxy) is 6. The van der Waals surface area contributed by atoms with Crippen LogP contribution in [0.15, 0.2) is 49.2 Å². The van der Waals surface area contributed by atoms with E-state index < -0.39 is 120 Å². The molecule has 0 saturated carbocycles. The molecule has 74 heavy (non-hydrogen) atoms. The third kappa shape index (κ3) is 13.1. The monoisotopic (exact) mass is 1050 g/mol. The van der Waals surface area contributed by atoms with Gasteiger partial charge in [0.15, 0.2) is 6.29 Å². The highest BCUT2D eigenvalue weighted by atomic mass is 19.1. The lowest BCUT2D eigenvalue weighted by atomic mass is 9.68. The van der Waals surface area contributed by atoms with E-state index in [9.17, 15) is 34.7 Å². The summed E-state index contributed by atoms with van der Waals surface area (Å²) in [7, 11) is 6.81. The van der Waals surface area contributed by atoms with Gasteiger partial charge in [-0.3, -0.25) is 4.79 Å². The largest absolute Gasteiger partial charge is 0.459 e. The number of rotatable bonds is 15. The quantitative estimate of drug-likeness (QED) is 0.132. The third-order valence-electron chi connectivity index (χ3n) is 16.9. The van der Waals surface area contributed by atoms with Crippen molar-refractivity contribution in [2.24, 2.45) is 23.7 Å². The molecule has 0 bridgehead atoms. The maximum atomic E-state index is 14.9. The fraction of sp³-hybridized carbons (Fsp3) is 0.778. The first-order chi connectivity index (χ1) is 34.8. The molecular formula is C54H88FN7O12. The zero-order valence-corrected chi connectivity index (χ0v) is 46.2. The Morgan fingerprint density at radius 2 is 1.68 bits per heavy atom. The van der Waals surface area contributed by atoms with Gasteiger partial charge in [-0.05, 0) is 104 Å². The van der Waals surface area contributed by atoms with Crippen molar-refractivity contribution in [1.29, 1.82) is 0 Å². The van der Waals surface area contributed by atoms with Gasteiger partial charge in [-0.2, -0.15) is 0 Å². The zero-order valence-electron chi connectivity index (χ0n) is 46.2. The molecule has 3 aromatic rings. The molecule has 20 atom stereocenters. The van der Waals surface area contributed by atoms with Gasteiger partial charge in [-0.25, -0.2) is 14.1 Å². The maximum Gasteiger partial charge on any atom is 0.309 e. The van der Waals surface area contributed by atoms with Crippen LogP contribution in [0.1, 0.15) is 118 Å². The van der Waals surface area contributed by atoms with Crippen molar-refractivity contribution in [3.05, 3.63) is 60.4 Å². The summed E-state index contributed by atoms with van der Waals surface area (Å²) in [6.45, 7) is 17.9. The van der Waals surface area contributed by atoms with E-state index in [1.165, 1.54) is 18.7 Å². The second kappa shape index (κ2) is 24.9. The number of carbonyl (C=O) groups excluding carboxylic acids is 1. The lowest BCUT2D eigenvalue weighted by Gasteiger charge is -2.51. The number of cyclic esters (lactones) is 1. The topological polar surface area (TPSA) is 229 Å². The molecule has 5 heterocycles. The minimum absolute atomic E-state index is 0.172. The van der Waals surface area contributed by atoms with Gasteiger partial charge in [0.05, 0.1) is 53.6 Å². The Kier molecular flexibility index (Phi) is 20.1. The molecule has 0 radical (unpaired) electrons. The first kappa shape index (κ1) is 59.7. The minimum atomic E-state index is -1.83. The fourth-order valence-electron chi connectivity index (χ4n) is 12.3. The summed E-state index contributed by atoms with van der Waals surface area (Å²) < 4.78 is 56.3. The van der Waals surface area contributed by atoms with E-state index in [1.54, 1.807) is 67.4 Å². The normalized spacial score (nSPS) is 39.3. The molecule has 3 saturated heterocycles. The lowest BCUT2D eigenvalue weighted by molar-refractivity contribution is -0.302. The molecule has 3 aliphatic rings. The molecule has 19 nitrogen and oxygen atoms in total. The average Bonchev–Trinajstić information content (AvgIpc) is 4.08. The van der Waals surface area contributed by atoms with Crippen molar-refractivity contribution in [1.82, 2.24) is 34.3 Å². The Morgan fingerprint density at radius 3 is 2.28 bits per heavy atom. The summed E-state index contributed by atoms with van der Waals surface area (Å²) in [4.78, 5) is 22.7. The number of aliphatic hydroxyl groups excluding tert-OH is 3. The van der Waals surface area contributed by atoms with Crippen LogP contribution < -0.4 is 0 Å². The van der Waals surface area contributed by atoms with Crippen LogP contribution in [0.4, 0.5) is 4.39 Å². The second-order valence-corrected chi connectivity index (χ2v) is 22.6. The number of hydrogen-bond acceptors (Lipinski definition) is 17. The highest BCUT2D eigenvalue weighted by molar-refractivity contribution is 5.73. The van der Waals surface area contributed by atoms with Crippen molar-refractivity contribution in [3.8, 4) is 5.69 Å². The predicted octanol–water partition coefficient (Wildman–Crippen LogP) is 4.46. The first-order valence-electron chi connectivity index (χ1n) is 26.5. The lowest BCUT2D eigenvalue weighted by Crippen LogP contribution is -2.62. The molecule has 1 unspecified atom stereocenters. The Balaban J connectivity index is 1.27. The SMILES string of the molecule is CC[C@H]1OC(=O)[C@H](C)[C@@H](C2C[C@@](C)(OC)[C@@H](O)[C@H](C)O2)[C@H](C)[C@@H](O[C@@H]2O[C@H](C)C[C@H](N(C)CCc3cn([C@H](CF)[C@H](OC)c4ccc(-n5ccnc5)cc4)nn3)[C@H]2O)[C@](C)(O)C[C@@H](C)CN(C)[C@H](C)[C@@H](O)[C@]1(C)O. The maximum absolute atomic E-state index is 14.9. The van der Waals surface area contributed by atoms with Gasteiger partial charge in [-0.1, -0.05) is 45.0 Å². The number of nitrogens with zero attached hydrogens (tertiary/aromatic N) is 7. The van der Waals surface area contributed by atoms with Crippen LogP contribution in [0.25, 0.3) is 5.69 Å². The van der Waals surface area contributed by atoms with E-state index in [0.717, 1.165) is 11.3 Å². The Morgan fingerprint density at radius 1 is 0.986 bits per heavy atom. The van der Waals surface area contributed by atoms with Crippen LogP contribution in [0.3, 0.4) is 0 Å². The van der Waals surface area contributed by atoms with Crippen molar-refractivity contribution in [2.75, 3.05) is 48.1 Å². The Labute approximate surface area is 437 Å². The summed E-state index contributed by atoms with van der Waals surface area (Å²) in [5.74, 6) is -3.25. The van der Waals surface area contributed by atoms with Gasteiger partial charge in [-0.15, -0.1) is 5.10 Å². The average molecular weight is 1050 g/mol. The van der Waals surface area contributed by atoms with E-state index >= 15 is 0 Å². The summed E-state index contributed by atoms with van der Waals surface area (Å²) in [5, 5.41) is 69.0. The number of halogens is 1. The molecule has 0 amide bonds. The zero-order chi connectivity index (χ0) is 54.6. The fourth-order valence-corrected chi connectivity index (χ4v) is 12.3. The molecule has 1 aromatic carbocycles. The number of aliphatic hydroxyl groups is 5. The molecular weight excluding hydrogens is 958 g/mol. The molecule has 0 spiro atoms. The van der Waals surface area contributed by atoms with Crippen LogP contribution in [0, 0.1) is 23.7 Å². The van der Waals surface area contributed by atoms with Gasteiger partial charge in [0.25, 0.3) is 0 Å². The van der Waals surface area contributed by atoms with Gasteiger partial charge in [0.2, 0.25) is 0 Å². The summed E-state index contributed by atoms with van der Waals surface area (Å²) in [5.41, 5.74) is -2.22. The van der Waals surface area contributed by atoms with Gasteiger partial charge >= 0.3 is 5.97 Å². The van der Waals surface area contributed by atoms with Crippen molar-refractivity contribution < 1.29 is 63.1 Å². The molecule has 6 rings (SSSR count). The van der Waals surface area contributed by atoms with Gasteiger partial charge < -0.3 is 68.3 Å². The molecule has 3 fully saturated rings. The highest BCUT2D eigenvalue weighted by Crippen LogP contribution is 2.45. The molecule has 3 aliphatic heterocycles. The van der Waals surface area contributed by atoms with Crippen LogP contribution >= 0.6 is 0 Å². The van der Waals surface area contributed by atoms with Crippen molar-refractivity contribution in [2.45, 2.75) is 197 Å². The van der Waals surface area contributed by atoms with E-state index in [1.807, 2.05) is 79.7 Å². The molecule has 418 valence electrons. The molecule has 5 N–H and O–H groups in total. The van der Waals surface area contributed by atoms with E-state index in [-0.39, 0.29) is 31.3 Å². The molecule has 2 aromatic heterocycles. The van der Waals surface area contributed by atoms with Crippen LogP contribution in [-0.4, -0.2) is 198 Å². The van der Waals surface area contributed by atoms with Crippen molar-refractivity contribution >= 4 is 5.97 Å². The van der Waals surface area contributed by atoms with Crippen LogP contribution in [0.5, 0.6) is 0 Å². The number of esters is 1. The second-order valence-electron chi connectivity index (χ2n) is 22.6. The Hall–Kier alpha value is -3.51. The highest BCUT2D eigenvalue weighted by Gasteiger charge is 2.55. The first-order valence-corrected chi connectivity index (χ1v) is 26.5. The van der Waals surface area contributed by atoms with Crippen molar-refractivity contribution in [3.63, 3.8) is 0 Å². The minimum Gasteiger partial charge on any atom is -0.459 e. The predicted molar refractivity (Wildman–Crippen MR) is 274 cm³/mol. The van der Waals surface area contributed by atoms with E-state index in [4.69, 9.17) is 28.4 Å². The van der Waals surface area contributed by atoms with E-state index in [0.29, 0.717) is 31.6 Å². The van der Waals surface area contributed by atoms with Gasteiger partial charge in [0, 0.05) is 82.4 Å². The van der Waals surface area contributed by atoms with Gasteiger partial charge in [0.1, 0.15) is 48.8 Å². The molecule has 0 aliphatic carbocycles. The third-order valence-corrected chi connectivity index (χ3v) is 16.9. The number of alkyl halides is 1. The number of methoxy groups -OCH3 is 2. The number of imidazole rings is 1. The molecule has 20 heteroatoms. The van der Waals surface area contributed by atoms with E-state index in [2.05, 4.69) is 15.3 Å². The number of likely N-dealkylation sites (N-methyl/N-ethyl adjacent to an activating group) is 2. The standard InChI is InChI=1S/C54H88FN7O12/c1-15-43-54(10,68)47(64)35(6)60(12)28-31(2)25-52(8,67)49(33(4)44(34(5)50(66)73-43)42-26-53(9,70-14)48(65)36(7)72-42)74-51-45(63)40(24-32(3)71-51)59(11)22-20-38-29-62(58-57-38)41(27-55)46(69-13)37-16-18-39(19-17-37)61-23-21-56-30-61/h16-19,21,23,29-36,40-49,51,63-65,67-68H,15,20,22,24-28H2,1-14H3/t31-,32-,33+,34-,35-,36+,40+,41-,42?,43-,44+,45-,46-,47-,48+,49-,51+,52-,53-,54-/m1/s1. The van der Waals surface area contributed by atoms with Crippen LogP contribution in [0.2, 0.25) is 0 Å². The Bertz CT molecular complexity index is 2200. The summed E-state index contributed by atoms with van der Waals surface area (Å²) in [6.07, 6.45) is -0.978.